The van der Waals surface area contributed by atoms with Crippen LogP contribution in [0.4, 0.5) is 0 Å². The minimum absolute atomic E-state index is 0.0656. The maximum absolute atomic E-state index is 14.0. The number of aromatic nitrogens is 2. The van der Waals surface area contributed by atoms with E-state index < -0.39 is 33.8 Å². The summed E-state index contributed by atoms with van der Waals surface area (Å²) in [6.07, 6.45) is 1.93. The highest BCUT2D eigenvalue weighted by Crippen LogP contribution is 2.38. The highest BCUT2D eigenvalue weighted by Gasteiger charge is 2.25. The van der Waals surface area contributed by atoms with Gasteiger partial charge < -0.3 is 14.2 Å². The molecule has 0 fully saturated rings. The number of nitrogens with zero attached hydrogens (tertiary/aromatic N) is 2. The molecule has 0 aliphatic heterocycles. The van der Waals surface area contributed by atoms with Gasteiger partial charge in [-0.05, 0) is 61.6 Å². The predicted octanol–water partition coefficient (Wildman–Crippen LogP) is 3.65. The van der Waals surface area contributed by atoms with E-state index in [9.17, 15) is 22.8 Å². The van der Waals surface area contributed by atoms with Crippen LogP contribution in [-0.2, 0) is 43.9 Å². The van der Waals surface area contributed by atoms with E-state index in [4.69, 9.17) is 14.2 Å². The van der Waals surface area contributed by atoms with Crippen LogP contribution in [0.2, 0.25) is 0 Å². The number of methoxy groups -OCH3 is 1. The van der Waals surface area contributed by atoms with Crippen LogP contribution in [0, 0.1) is 0 Å². The van der Waals surface area contributed by atoms with Gasteiger partial charge in [-0.1, -0.05) is 18.2 Å². The molecule has 0 saturated heterocycles. The Balaban J connectivity index is 2.02. The zero-order chi connectivity index (χ0) is 31.1. The van der Waals surface area contributed by atoms with Crippen molar-refractivity contribution in [1.29, 1.82) is 0 Å². The van der Waals surface area contributed by atoms with Crippen molar-refractivity contribution in [3.63, 3.8) is 0 Å². The second kappa shape index (κ2) is 14.4. The zero-order valence-electron chi connectivity index (χ0n) is 24.2. The van der Waals surface area contributed by atoms with E-state index in [0.717, 1.165) is 15.0 Å². The maximum atomic E-state index is 14.0. The summed E-state index contributed by atoms with van der Waals surface area (Å²) >= 11 is 2.73. The molecule has 0 spiro atoms. The molecule has 0 amide bonds. The molecule has 2 aromatic carbocycles. The van der Waals surface area contributed by atoms with Crippen molar-refractivity contribution in [2.75, 3.05) is 32.5 Å². The van der Waals surface area contributed by atoms with E-state index in [1.165, 1.54) is 41.7 Å². The Morgan fingerprint density at radius 3 is 2.42 bits per heavy atom. The fourth-order valence-electron chi connectivity index (χ4n) is 4.45. The van der Waals surface area contributed by atoms with Gasteiger partial charge in [0.25, 0.3) is 5.56 Å². The standard InChI is InChI=1S/C29H33N3O8S3/c1-5-39-24(33)17-31-27(34)25-22(15-30-43(36,37)6-2)26(19-11-13-21(14-12-19)40-18-38-3)42-28(25)32(29(31)35)16-20-9-7-8-10-23(20)41-4/h7-14,30H,5-6,15-18H2,1-4H3. The van der Waals surface area contributed by atoms with Gasteiger partial charge >= 0.3 is 11.7 Å². The maximum Gasteiger partial charge on any atom is 0.332 e. The normalized spacial score (nSPS) is 11.6. The molecule has 0 unspecified atom stereocenters. The van der Waals surface area contributed by atoms with Gasteiger partial charge in [0.15, 0.2) is 6.79 Å². The number of fused-ring (bicyclic) bond motifs is 1. The first-order chi connectivity index (χ1) is 20.6. The average molecular weight is 648 g/mol. The number of carbonyl (C=O) groups excluding carboxylic acids is 1. The lowest BCUT2D eigenvalue weighted by Crippen LogP contribution is -2.42. The number of thiophene rings is 1. The van der Waals surface area contributed by atoms with Crippen molar-refractivity contribution >= 4 is 49.3 Å². The van der Waals surface area contributed by atoms with Gasteiger partial charge in [0.05, 0.1) is 24.3 Å². The Hall–Kier alpha value is -3.43. The minimum atomic E-state index is -3.64. The zero-order valence-corrected chi connectivity index (χ0v) is 26.7. The molecule has 0 aliphatic carbocycles. The molecule has 0 bridgehead atoms. The van der Waals surface area contributed by atoms with Crippen LogP contribution in [0.1, 0.15) is 25.0 Å². The third-order valence-electron chi connectivity index (χ3n) is 6.58. The molecule has 1 N–H and O–H groups in total. The Bertz CT molecular complexity index is 1830. The fraction of sp³-hybridized carbons (Fsp3) is 0.345. The van der Waals surface area contributed by atoms with Crippen LogP contribution in [0.5, 0.6) is 5.75 Å². The number of carbonyl (C=O) groups is 1. The van der Waals surface area contributed by atoms with Crippen molar-refractivity contribution in [3.05, 3.63) is 80.5 Å². The second-order valence-corrected chi connectivity index (χ2v) is 13.2. The third-order valence-corrected chi connectivity index (χ3v) is 10.1. The van der Waals surface area contributed by atoms with Gasteiger partial charge in [0.2, 0.25) is 10.0 Å². The molecule has 0 aliphatic rings. The highest BCUT2D eigenvalue weighted by molar-refractivity contribution is 7.98. The average Bonchev–Trinajstić information content (AvgIpc) is 3.39. The minimum Gasteiger partial charge on any atom is -0.468 e. The second-order valence-electron chi connectivity index (χ2n) is 9.27. The van der Waals surface area contributed by atoms with Gasteiger partial charge in [-0.15, -0.1) is 23.1 Å². The van der Waals surface area contributed by atoms with Gasteiger partial charge in [0, 0.05) is 29.0 Å². The van der Waals surface area contributed by atoms with Crippen molar-refractivity contribution in [3.8, 4) is 16.2 Å². The first kappa shape index (κ1) is 32.5. The molecule has 11 nitrogen and oxygen atoms in total. The van der Waals surface area contributed by atoms with E-state index in [1.807, 2.05) is 30.5 Å². The number of ether oxygens (including phenoxy) is 3. The van der Waals surface area contributed by atoms with Crippen molar-refractivity contribution in [2.24, 2.45) is 0 Å². The summed E-state index contributed by atoms with van der Waals surface area (Å²) in [6, 6.07) is 14.6. The largest absolute Gasteiger partial charge is 0.468 e. The van der Waals surface area contributed by atoms with E-state index in [2.05, 4.69) is 4.72 Å². The molecule has 230 valence electrons. The Labute approximate surface area is 257 Å². The molecule has 0 atom stereocenters. The van der Waals surface area contributed by atoms with Crippen LogP contribution >= 0.6 is 23.1 Å². The van der Waals surface area contributed by atoms with Crippen LogP contribution in [-0.4, -0.2) is 56.0 Å². The SMILES string of the molecule is CCOC(=O)Cn1c(=O)c2c(CNS(=O)(=O)CC)c(-c3ccc(OCOC)cc3)sc2n(Cc2ccccc2SC)c1=O. The molecule has 0 radical (unpaired) electrons. The van der Waals surface area contributed by atoms with Gasteiger partial charge in [-0.3, -0.25) is 14.2 Å². The molecular weight excluding hydrogens is 615 g/mol. The Morgan fingerprint density at radius 2 is 1.77 bits per heavy atom. The van der Waals surface area contributed by atoms with Gasteiger partial charge in [-0.2, -0.15) is 0 Å². The van der Waals surface area contributed by atoms with Crippen molar-refractivity contribution in [1.82, 2.24) is 13.9 Å². The van der Waals surface area contributed by atoms with Crippen molar-refractivity contribution in [2.45, 2.75) is 38.4 Å². The molecule has 2 aromatic heterocycles. The summed E-state index contributed by atoms with van der Waals surface area (Å²) in [5, 5.41) is 0.157. The molecule has 4 aromatic rings. The van der Waals surface area contributed by atoms with Crippen LogP contribution < -0.4 is 20.7 Å². The topological polar surface area (TPSA) is 135 Å². The number of nitrogens with one attached hydrogen (secondary N) is 1. The lowest BCUT2D eigenvalue weighted by atomic mass is 10.1. The number of hydrogen-bond donors (Lipinski definition) is 1. The third kappa shape index (κ3) is 7.39. The highest BCUT2D eigenvalue weighted by atomic mass is 32.2. The smallest absolute Gasteiger partial charge is 0.332 e. The van der Waals surface area contributed by atoms with Crippen LogP contribution in [0.15, 0.2) is 63.0 Å². The lowest BCUT2D eigenvalue weighted by molar-refractivity contribution is -0.143. The summed E-state index contributed by atoms with van der Waals surface area (Å²) in [7, 11) is -2.12. The van der Waals surface area contributed by atoms with Gasteiger partial charge in [-0.25, -0.2) is 22.5 Å². The number of sulfonamides is 1. The molecule has 4 rings (SSSR count). The number of benzene rings is 2. The van der Waals surface area contributed by atoms with Crippen LogP contribution in [0.25, 0.3) is 20.7 Å². The Morgan fingerprint density at radius 1 is 1.05 bits per heavy atom. The number of esters is 1. The molecule has 14 heteroatoms. The van der Waals surface area contributed by atoms with E-state index in [0.29, 0.717) is 26.6 Å². The first-order valence-electron chi connectivity index (χ1n) is 13.4. The monoisotopic (exact) mass is 647 g/mol. The summed E-state index contributed by atoms with van der Waals surface area (Å²) in [5.41, 5.74) is 0.574. The Kier molecular flexibility index (Phi) is 10.8. The number of rotatable bonds is 14. The summed E-state index contributed by atoms with van der Waals surface area (Å²) in [4.78, 5) is 42.3. The van der Waals surface area contributed by atoms with E-state index in [1.54, 1.807) is 31.2 Å². The number of thioether (sulfide) groups is 1. The van der Waals surface area contributed by atoms with E-state index >= 15 is 0 Å². The van der Waals surface area contributed by atoms with Crippen molar-refractivity contribution < 1.29 is 27.4 Å². The summed E-state index contributed by atoms with van der Waals surface area (Å²) in [6.45, 7) is 2.65. The molecular formula is C29H33N3O8S3. The summed E-state index contributed by atoms with van der Waals surface area (Å²) < 4.78 is 45.4. The van der Waals surface area contributed by atoms with E-state index in [-0.39, 0.29) is 37.6 Å². The lowest BCUT2D eigenvalue weighted by Gasteiger charge is -2.14. The quantitative estimate of drug-likeness (QED) is 0.124. The number of hydrogen-bond acceptors (Lipinski definition) is 10. The van der Waals surface area contributed by atoms with Gasteiger partial charge in [0.1, 0.15) is 17.1 Å². The first-order valence-corrected chi connectivity index (χ1v) is 17.1. The predicted molar refractivity (Wildman–Crippen MR) is 169 cm³/mol. The molecule has 2 heterocycles. The van der Waals surface area contributed by atoms with Crippen LogP contribution in [0.3, 0.4) is 0 Å². The fourth-order valence-corrected chi connectivity index (χ4v) is 6.94. The molecule has 0 saturated carbocycles. The summed E-state index contributed by atoms with van der Waals surface area (Å²) in [5.74, 6) is -0.325. The molecule has 43 heavy (non-hydrogen) atoms.